The van der Waals surface area contributed by atoms with E-state index in [1.54, 1.807) is 0 Å². The summed E-state index contributed by atoms with van der Waals surface area (Å²) in [7, 11) is 0. The van der Waals surface area contributed by atoms with Crippen molar-refractivity contribution in [2.75, 3.05) is 13.1 Å². The van der Waals surface area contributed by atoms with Crippen LogP contribution in [0.25, 0.3) is 0 Å². The van der Waals surface area contributed by atoms with Gasteiger partial charge >= 0.3 is 0 Å². The van der Waals surface area contributed by atoms with Crippen LogP contribution in [0.5, 0.6) is 0 Å². The fourth-order valence-corrected chi connectivity index (χ4v) is 2.93. The lowest BCUT2D eigenvalue weighted by Gasteiger charge is -2.13. The standard InChI is InChI=1S/C11H16N2OS/c1-8-2-3-10(15-8)7-13-5-4-9(6-13)11(12)14/h2-3,9H,4-7H2,1H3,(H2,12,14). The van der Waals surface area contributed by atoms with E-state index in [1.165, 1.54) is 9.75 Å². The smallest absolute Gasteiger partial charge is 0.221 e. The molecule has 0 saturated carbocycles. The molecule has 1 aliphatic rings. The maximum Gasteiger partial charge on any atom is 0.221 e. The van der Waals surface area contributed by atoms with Crippen LogP contribution in [0.2, 0.25) is 0 Å². The summed E-state index contributed by atoms with van der Waals surface area (Å²) in [5, 5.41) is 0. The molecule has 15 heavy (non-hydrogen) atoms. The van der Waals surface area contributed by atoms with Gasteiger partial charge in [0.2, 0.25) is 5.91 Å². The van der Waals surface area contributed by atoms with Crippen LogP contribution in [-0.4, -0.2) is 23.9 Å². The maximum atomic E-state index is 11.0. The number of carbonyl (C=O) groups excluding carboxylic acids is 1. The molecule has 82 valence electrons. The van der Waals surface area contributed by atoms with Crippen molar-refractivity contribution in [1.29, 1.82) is 0 Å². The van der Waals surface area contributed by atoms with Crippen LogP contribution in [-0.2, 0) is 11.3 Å². The van der Waals surface area contributed by atoms with Gasteiger partial charge in [-0.2, -0.15) is 0 Å². The molecule has 2 heterocycles. The third-order valence-corrected chi connectivity index (χ3v) is 3.84. The van der Waals surface area contributed by atoms with E-state index in [1.807, 2.05) is 11.3 Å². The van der Waals surface area contributed by atoms with Crippen molar-refractivity contribution < 1.29 is 4.79 Å². The molecule has 1 aromatic rings. The molecular weight excluding hydrogens is 208 g/mol. The zero-order valence-corrected chi connectivity index (χ0v) is 9.72. The van der Waals surface area contributed by atoms with Crippen LogP contribution in [0.3, 0.4) is 0 Å². The van der Waals surface area contributed by atoms with E-state index in [0.717, 1.165) is 26.1 Å². The highest BCUT2D eigenvalue weighted by Crippen LogP contribution is 2.22. The Hall–Kier alpha value is -0.870. The topological polar surface area (TPSA) is 46.3 Å². The molecule has 0 radical (unpaired) electrons. The summed E-state index contributed by atoms with van der Waals surface area (Å²) in [6.07, 6.45) is 0.916. The summed E-state index contributed by atoms with van der Waals surface area (Å²) in [5.74, 6) is -0.0917. The maximum absolute atomic E-state index is 11.0. The summed E-state index contributed by atoms with van der Waals surface area (Å²) >= 11 is 1.83. The molecule has 3 nitrogen and oxygen atoms in total. The molecule has 4 heteroatoms. The fourth-order valence-electron chi connectivity index (χ4n) is 2.00. The molecule has 0 spiro atoms. The number of rotatable bonds is 3. The highest BCUT2D eigenvalue weighted by molar-refractivity contribution is 7.11. The lowest BCUT2D eigenvalue weighted by molar-refractivity contribution is -0.121. The van der Waals surface area contributed by atoms with Gasteiger partial charge in [0.05, 0.1) is 5.92 Å². The number of aryl methyl sites for hydroxylation is 1. The molecule has 1 amide bonds. The Bertz CT molecular complexity index is 361. The third kappa shape index (κ3) is 2.58. The van der Waals surface area contributed by atoms with Gasteiger partial charge in [0.1, 0.15) is 0 Å². The first-order valence-corrected chi connectivity index (χ1v) is 6.04. The Morgan fingerprint density at radius 3 is 3.00 bits per heavy atom. The van der Waals surface area contributed by atoms with Gasteiger partial charge < -0.3 is 5.73 Å². The molecule has 1 fully saturated rings. The van der Waals surface area contributed by atoms with Crippen molar-refractivity contribution in [3.05, 3.63) is 21.9 Å². The predicted molar refractivity (Wildman–Crippen MR) is 61.6 cm³/mol. The number of likely N-dealkylation sites (tertiary alicyclic amines) is 1. The molecule has 0 bridgehead atoms. The van der Waals surface area contributed by atoms with Gasteiger partial charge in [0.15, 0.2) is 0 Å². The molecule has 2 N–H and O–H groups in total. The van der Waals surface area contributed by atoms with Crippen molar-refractivity contribution in [2.24, 2.45) is 11.7 Å². The Balaban J connectivity index is 1.90. The van der Waals surface area contributed by atoms with E-state index < -0.39 is 0 Å². The number of nitrogens with zero attached hydrogens (tertiary/aromatic N) is 1. The Morgan fingerprint density at radius 1 is 1.67 bits per heavy atom. The van der Waals surface area contributed by atoms with Gasteiger partial charge in [0, 0.05) is 22.8 Å². The minimum atomic E-state index is -0.153. The van der Waals surface area contributed by atoms with E-state index in [0.29, 0.717) is 0 Å². The Labute approximate surface area is 93.9 Å². The molecule has 1 unspecified atom stereocenters. The van der Waals surface area contributed by atoms with E-state index in [-0.39, 0.29) is 11.8 Å². The summed E-state index contributed by atoms with van der Waals surface area (Å²) in [4.78, 5) is 16.0. The predicted octanol–water partition coefficient (Wildman–Crippen LogP) is 1.36. The second-order valence-electron chi connectivity index (χ2n) is 4.14. The van der Waals surface area contributed by atoms with Crippen LogP contribution in [0.15, 0.2) is 12.1 Å². The number of thiophene rings is 1. The Morgan fingerprint density at radius 2 is 2.47 bits per heavy atom. The molecule has 0 aromatic carbocycles. The summed E-state index contributed by atoms with van der Waals surface area (Å²) in [6.45, 7) is 4.89. The van der Waals surface area contributed by atoms with Gasteiger partial charge in [-0.25, -0.2) is 0 Å². The van der Waals surface area contributed by atoms with E-state index in [2.05, 4.69) is 24.0 Å². The highest BCUT2D eigenvalue weighted by Gasteiger charge is 2.26. The lowest BCUT2D eigenvalue weighted by Crippen LogP contribution is -2.27. The number of primary amides is 1. The molecular formula is C11H16N2OS. The largest absolute Gasteiger partial charge is 0.369 e. The van der Waals surface area contributed by atoms with Gasteiger partial charge in [-0.15, -0.1) is 11.3 Å². The summed E-state index contributed by atoms with van der Waals surface area (Å²) < 4.78 is 0. The van der Waals surface area contributed by atoms with Gasteiger partial charge in [-0.3, -0.25) is 9.69 Å². The Kier molecular flexibility index (Phi) is 3.07. The molecule has 1 atom stereocenters. The van der Waals surface area contributed by atoms with Crippen LogP contribution >= 0.6 is 11.3 Å². The fraction of sp³-hybridized carbons (Fsp3) is 0.545. The minimum absolute atomic E-state index is 0.0612. The second kappa shape index (κ2) is 4.33. The normalized spacial score (nSPS) is 22.1. The van der Waals surface area contributed by atoms with E-state index in [4.69, 9.17) is 5.73 Å². The van der Waals surface area contributed by atoms with Gasteiger partial charge in [-0.1, -0.05) is 0 Å². The van der Waals surface area contributed by atoms with Crippen molar-refractivity contribution >= 4 is 17.2 Å². The zero-order valence-electron chi connectivity index (χ0n) is 8.90. The SMILES string of the molecule is Cc1ccc(CN2CCC(C(N)=O)C2)s1. The molecule has 1 aromatic heterocycles. The quantitative estimate of drug-likeness (QED) is 0.842. The van der Waals surface area contributed by atoms with Crippen LogP contribution < -0.4 is 5.73 Å². The minimum Gasteiger partial charge on any atom is -0.369 e. The summed E-state index contributed by atoms with van der Waals surface area (Å²) in [5.41, 5.74) is 5.29. The molecule has 0 aliphatic carbocycles. The summed E-state index contributed by atoms with van der Waals surface area (Å²) in [6, 6.07) is 4.30. The number of hydrogen-bond acceptors (Lipinski definition) is 3. The third-order valence-electron chi connectivity index (χ3n) is 2.85. The first kappa shape index (κ1) is 10.6. The van der Waals surface area contributed by atoms with Crippen LogP contribution in [0, 0.1) is 12.8 Å². The van der Waals surface area contributed by atoms with Crippen LogP contribution in [0.4, 0.5) is 0 Å². The number of carbonyl (C=O) groups is 1. The monoisotopic (exact) mass is 224 g/mol. The average Bonchev–Trinajstić information content (AvgIpc) is 2.76. The lowest BCUT2D eigenvalue weighted by atomic mass is 10.1. The van der Waals surface area contributed by atoms with Gasteiger partial charge in [0.25, 0.3) is 0 Å². The number of amides is 1. The van der Waals surface area contributed by atoms with E-state index in [9.17, 15) is 4.79 Å². The van der Waals surface area contributed by atoms with Crippen molar-refractivity contribution in [3.63, 3.8) is 0 Å². The molecule has 1 saturated heterocycles. The van der Waals surface area contributed by atoms with Crippen molar-refractivity contribution in [3.8, 4) is 0 Å². The highest BCUT2D eigenvalue weighted by atomic mass is 32.1. The van der Waals surface area contributed by atoms with Crippen molar-refractivity contribution in [1.82, 2.24) is 4.90 Å². The number of hydrogen-bond donors (Lipinski definition) is 1. The first-order chi connectivity index (χ1) is 7.15. The average molecular weight is 224 g/mol. The zero-order chi connectivity index (χ0) is 10.8. The second-order valence-corrected chi connectivity index (χ2v) is 5.51. The molecule has 1 aliphatic heterocycles. The number of nitrogens with two attached hydrogens (primary N) is 1. The van der Waals surface area contributed by atoms with E-state index >= 15 is 0 Å². The first-order valence-electron chi connectivity index (χ1n) is 5.22. The van der Waals surface area contributed by atoms with Crippen LogP contribution in [0.1, 0.15) is 16.2 Å². The van der Waals surface area contributed by atoms with Gasteiger partial charge in [-0.05, 0) is 32.0 Å². The van der Waals surface area contributed by atoms with Crippen molar-refractivity contribution in [2.45, 2.75) is 19.9 Å². The molecule has 2 rings (SSSR count).